The maximum absolute atomic E-state index is 13.0. The van der Waals surface area contributed by atoms with E-state index < -0.39 is 0 Å². The Hall–Kier alpha value is -1.66. The van der Waals surface area contributed by atoms with Crippen molar-refractivity contribution in [1.82, 2.24) is 9.88 Å². The number of oxazole rings is 1. The van der Waals surface area contributed by atoms with E-state index in [0.717, 1.165) is 43.9 Å². The number of thiophene rings is 1. The number of nitrogens with zero attached hydrogens (tertiary/aromatic N) is 2. The zero-order valence-corrected chi connectivity index (χ0v) is 14.0. The lowest BCUT2D eigenvalue weighted by molar-refractivity contribution is 0.0699. The van der Waals surface area contributed by atoms with Gasteiger partial charge in [0.25, 0.3) is 5.91 Å². The van der Waals surface area contributed by atoms with Crippen LogP contribution in [0.25, 0.3) is 10.8 Å². The highest BCUT2D eigenvalue weighted by atomic mass is 32.1. The summed E-state index contributed by atoms with van der Waals surface area (Å²) in [7, 11) is 0. The van der Waals surface area contributed by atoms with Gasteiger partial charge in [0.2, 0.25) is 5.89 Å². The van der Waals surface area contributed by atoms with Crippen molar-refractivity contribution in [2.75, 3.05) is 19.8 Å². The molecule has 1 atom stereocenters. The second-order valence-corrected chi connectivity index (χ2v) is 7.27. The van der Waals surface area contributed by atoms with Gasteiger partial charge in [-0.2, -0.15) is 0 Å². The Morgan fingerprint density at radius 2 is 2.30 bits per heavy atom. The smallest absolute Gasteiger partial charge is 0.276 e. The number of hydrogen-bond donors (Lipinski definition) is 0. The summed E-state index contributed by atoms with van der Waals surface area (Å²) in [6.07, 6.45) is 3.22. The van der Waals surface area contributed by atoms with E-state index in [1.165, 1.54) is 0 Å². The van der Waals surface area contributed by atoms with Crippen molar-refractivity contribution in [1.29, 1.82) is 0 Å². The van der Waals surface area contributed by atoms with E-state index >= 15 is 0 Å². The quantitative estimate of drug-likeness (QED) is 0.842. The second-order valence-electron chi connectivity index (χ2n) is 6.32. The number of ether oxygens (including phenoxy) is 1. The molecule has 0 bridgehead atoms. The average Bonchev–Trinajstić information content (AvgIpc) is 3.00. The van der Waals surface area contributed by atoms with Crippen LogP contribution in [0.2, 0.25) is 0 Å². The molecule has 1 saturated carbocycles. The van der Waals surface area contributed by atoms with Gasteiger partial charge in [0.15, 0.2) is 5.69 Å². The molecule has 1 aliphatic heterocycles. The number of carbonyl (C=O) groups is 1. The minimum atomic E-state index is 0.00320. The van der Waals surface area contributed by atoms with Crippen LogP contribution >= 0.6 is 11.3 Å². The predicted octanol–water partition coefficient (Wildman–Crippen LogP) is 3.35. The maximum Gasteiger partial charge on any atom is 0.276 e. The van der Waals surface area contributed by atoms with Crippen LogP contribution in [0.1, 0.15) is 35.5 Å². The lowest BCUT2D eigenvalue weighted by Crippen LogP contribution is -2.38. The summed E-state index contributed by atoms with van der Waals surface area (Å²) in [5, 5.41) is 1.98. The van der Waals surface area contributed by atoms with Gasteiger partial charge >= 0.3 is 0 Å². The number of aryl methyl sites for hydroxylation is 1. The fraction of sp³-hybridized carbons (Fsp3) is 0.529. The van der Waals surface area contributed by atoms with Gasteiger partial charge in [0.05, 0.1) is 11.5 Å². The van der Waals surface area contributed by atoms with E-state index in [2.05, 4.69) is 4.98 Å². The van der Waals surface area contributed by atoms with Crippen LogP contribution in [-0.2, 0) is 4.74 Å². The van der Waals surface area contributed by atoms with Crippen molar-refractivity contribution >= 4 is 17.2 Å². The highest BCUT2D eigenvalue weighted by Gasteiger charge is 2.37. The topological polar surface area (TPSA) is 55.6 Å². The van der Waals surface area contributed by atoms with Crippen LogP contribution in [-0.4, -0.2) is 41.6 Å². The maximum atomic E-state index is 13.0. The first-order valence-electron chi connectivity index (χ1n) is 8.12. The first kappa shape index (κ1) is 14.9. The number of amides is 1. The molecule has 5 nitrogen and oxygen atoms in total. The molecule has 0 spiro atoms. The molecule has 122 valence electrons. The third kappa shape index (κ3) is 3.05. The van der Waals surface area contributed by atoms with E-state index in [0.29, 0.717) is 29.3 Å². The SMILES string of the molecule is Cc1oc(-c2cccs2)nc1C(=O)N(C[C@@H]1CCOC1)C1CC1. The summed E-state index contributed by atoms with van der Waals surface area (Å²) in [6.45, 7) is 4.16. The van der Waals surface area contributed by atoms with Crippen LogP contribution < -0.4 is 0 Å². The molecular weight excluding hydrogens is 312 g/mol. The molecular formula is C17H20N2O3S. The van der Waals surface area contributed by atoms with Gasteiger partial charge in [0.1, 0.15) is 5.76 Å². The molecule has 1 aliphatic carbocycles. The Kier molecular flexibility index (Phi) is 3.95. The molecule has 2 aromatic heterocycles. The summed E-state index contributed by atoms with van der Waals surface area (Å²) in [4.78, 5) is 20.4. The molecule has 4 rings (SSSR count). The number of rotatable bonds is 5. The van der Waals surface area contributed by atoms with Gasteiger partial charge in [-0.05, 0) is 37.6 Å². The van der Waals surface area contributed by atoms with E-state index in [1.54, 1.807) is 11.3 Å². The molecule has 2 fully saturated rings. The summed E-state index contributed by atoms with van der Waals surface area (Å²) in [5.41, 5.74) is 0.458. The van der Waals surface area contributed by atoms with E-state index in [9.17, 15) is 4.79 Å². The zero-order chi connectivity index (χ0) is 15.8. The molecule has 0 radical (unpaired) electrons. The molecule has 1 amide bonds. The van der Waals surface area contributed by atoms with Crippen molar-refractivity contribution < 1.29 is 13.9 Å². The van der Waals surface area contributed by atoms with Crippen molar-refractivity contribution in [2.45, 2.75) is 32.2 Å². The largest absolute Gasteiger partial charge is 0.440 e. The molecule has 2 aliphatic rings. The van der Waals surface area contributed by atoms with Crippen LogP contribution in [0.5, 0.6) is 0 Å². The fourth-order valence-corrected chi connectivity index (χ4v) is 3.68. The molecule has 0 aromatic carbocycles. The van der Waals surface area contributed by atoms with Gasteiger partial charge in [-0.15, -0.1) is 11.3 Å². The van der Waals surface area contributed by atoms with E-state index in [4.69, 9.17) is 9.15 Å². The van der Waals surface area contributed by atoms with Gasteiger partial charge in [0, 0.05) is 25.1 Å². The summed E-state index contributed by atoms with van der Waals surface area (Å²) in [5.74, 6) is 1.60. The highest BCUT2D eigenvalue weighted by Crippen LogP contribution is 2.32. The van der Waals surface area contributed by atoms with Crippen LogP contribution in [0.4, 0.5) is 0 Å². The molecule has 0 N–H and O–H groups in total. The van der Waals surface area contributed by atoms with Gasteiger partial charge in [-0.25, -0.2) is 4.98 Å². The number of hydrogen-bond acceptors (Lipinski definition) is 5. The Morgan fingerprint density at radius 3 is 2.96 bits per heavy atom. The highest BCUT2D eigenvalue weighted by molar-refractivity contribution is 7.13. The molecule has 1 saturated heterocycles. The molecule has 2 aromatic rings. The predicted molar refractivity (Wildman–Crippen MR) is 87.5 cm³/mol. The molecule has 23 heavy (non-hydrogen) atoms. The first-order valence-corrected chi connectivity index (χ1v) is 9.00. The van der Waals surface area contributed by atoms with Crippen molar-refractivity contribution in [3.05, 3.63) is 29.0 Å². The van der Waals surface area contributed by atoms with Gasteiger partial charge in [-0.3, -0.25) is 4.79 Å². The van der Waals surface area contributed by atoms with E-state index in [-0.39, 0.29) is 5.91 Å². The van der Waals surface area contributed by atoms with Crippen molar-refractivity contribution in [3.63, 3.8) is 0 Å². The Bertz CT molecular complexity index is 685. The monoisotopic (exact) mass is 332 g/mol. The molecule has 6 heteroatoms. The van der Waals surface area contributed by atoms with Gasteiger partial charge < -0.3 is 14.1 Å². The Morgan fingerprint density at radius 1 is 1.43 bits per heavy atom. The van der Waals surface area contributed by atoms with Crippen LogP contribution in [0.15, 0.2) is 21.9 Å². The average molecular weight is 332 g/mol. The van der Waals surface area contributed by atoms with E-state index in [1.807, 2.05) is 29.3 Å². The normalized spacial score (nSPS) is 20.8. The summed E-state index contributed by atoms with van der Waals surface area (Å²) in [6, 6.07) is 4.28. The summed E-state index contributed by atoms with van der Waals surface area (Å²) >= 11 is 1.57. The zero-order valence-electron chi connectivity index (χ0n) is 13.2. The lowest BCUT2D eigenvalue weighted by atomic mass is 10.1. The summed E-state index contributed by atoms with van der Waals surface area (Å²) < 4.78 is 11.2. The van der Waals surface area contributed by atoms with Crippen LogP contribution in [0.3, 0.4) is 0 Å². The van der Waals surface area contributed by atoms with Gasteiger partial charge in [-0.1, -0.05) is 6.07 Å². The minimum absolute atomic E-state index is 0.00320. The first-order chi connectivity index (χ1) is 11.2. The lowest BCUT2D eigenvalue weighted by Gasteiger charge is -2.24. The second kappa shape index (κ2) is 6.09. The Labute approximate surface area is 139 Å². The molecule has 3 heterocycles. The number of carbonyl (C=O) groups excluding carboxylic acids is 1. The number of aromatic nitrogens is 1. The third-order valence-corrected chi connectivity index (χ3v) is 5.32. The van der Waals surface area contributed by atoms with Crippen molar-refractivity contribution in [3.8, 4) is 10.8 Å². The van der Waals surface area contributed by atoms with Crippen LogP contribution in [0, 0.1) is 12.8 Å². The minimum Gasteiger partial charge on any atom is -0.440 e. The third-order valence-electron chi connectivity index (χ3n) is 4.46. The Balaban J connectivity index is 1.56. The molecule has 0 unspecified atom stereocenters. The fourth-order valence-electron chi connectivity index (χ4n) is 3.03. The standard InChI is InChI=1S/C17H20N2O3S/c1-11-15(18-16(22-11)14-3-2-8-23-14)17(20)19(13-4-5-13)9-12-6-7-21-10-12/h2-3,8,12-13H,4-7,9-10H2,1H3/t12-/m0/s1. The van der Waals surface area contributed by atoms with Crippen molar-refractivity contribution in [2.24, 2.45) is 5.92 Å².